The first-order chi connectivity index (χ1) is 6.31. The first-order valence-corrected chi connectivity index (χ1v) is 5.26. The quantitative estimate of drug-likeness (QED) is 0.429. The molecule has 0 aromatic carbocycles. The molecule has 0 bridgehead atoms. The van der Waals surface area contributed by atoms with Gasteiger partial charge in [-0.15, -0.1) is 0 Å². The summed E-state index contributed by atoms with van der Waals surface area (Å²) in [4.78, 5) is 11.0. The highest BCUT2D eigenvalue weighted by Gasteiger charge is 2.00. The van der Waals surface area contributed by atoms with Crippen LogP contribution in [0.3, 0.4) is 0 Å². The van der Waals surface area contributed by atoms with Gasteiger partial charge in [-0.25, -0.2) is 0 Å². The van der Waals surface area contributed by atoms with Crippen LogP contribution < -0.4 is 0 Å². The normalized spacial score (nSPS) is 10.0. The largest absolute Gasteiger partial charge is 0.466 e. The Balaban J connectivity index is 3.11. The number of carbonyl (C=O) groups excluding carboxylic acids is 1. The van der Waals surface area contributed by atoms with Crippen LogP contribution in [0.15, 0.2) is 0 Å². The number of hydrogen-bond acceptors (Lipinski definition) is 2. The number of rotatable bonds is 8. The van der Waals surface area contributed by atoms with E-state index in [2.05, 4.69) is 13.8 Å². The molecule has 0 atom stereocenters. The first kappa shape index (κ1) is 12.5. The van der Waals surface area contributed by atoms with Crippen LogP contribution in [0.1, 0.15) is 51.9 Å². The summed E-state index contributed by atoms with van der Waals surface area (Å²) in [5.41, 5.74) is 0. The van der Waals surface area contributed by atoms with Gasteiger partial charge in [0.15, 0.2) is 0 Å². The maximum Gasteiger partial charge on any atom is 0.305 e. The lowest BCUT2D eigenvalue weighted by Gasteiger charge is -2.02. The van der Waals surface area contributed by atoms with Crippen LogP contribution in [-0.2, 0) is 9.53 Å². The number of esters is 1. The van der Waals surface area contributed by atoms with Crippen LogP contribution in [-0.4, -0.2) is 12.6 Å². The van der Waals surface area contributed by atoms with E-state index < -0.39 is 0 Å². The van der Waals surface area contributed by atoms with Crippen molar-refractivity contribution in [1.29, 1.82) is 0 Å². The molecule has 0 rings (SSSR count). The van der Waals surface area contributed by atoms with Crippen molar-refractivity contribution in [2.45, 2.75) is 51.9 Å². The van der Waals surface area contributed by atoms with Crippen molar-refractivity contribution < 1.29 is 9.53 Å². The Morgan fingerprint density at radius 3 is 2.62 bits per heavy atom. The fourth-order valence-corrected chi connectivity index (χ4v) is 1.06. The molecule has 0 aromatic rings. The van der Waals surface area contributed by atoms with Crippen molar-refractivity contribution in [2.24, 2.45) is 0 Å². The second-order valence-corrected chi connectivity index (χ2v) is 3.24. The third-order valence-corrected chi connectivity index (χ3v) is 1.89. The summed E-state index contributed by atoms with van der Waals surface area (Å²) in [6.07, 6.45) is 6.82. The molecular formula is C11H21O2. The van der Waals surface area contributed by atoms with Gasteiger partial charge in [0, 0.05) is 6.42 Å². The van der Waals surface area contributed by atoms with E-state index in [1.54, 1.807) is 0 Å². The topological polar surface area (TPSA) is 26.3 Å². The van der Waals surface area contributed by atoms with E-state index in [9.17, 15) is 4.79 Å². The second-order valence-electron chi connectivity index (χ2n) is 3.24. The van der Waals surface area contributed by atoms with E-state index in [4.69, 9.17) is 4.74 Å². The molecule has 0 saturated carbocycles. The fraction of sp³-hybridized carbons (Fsp3) is 0.818. The molecule has 0 unspecified atom stereocenters. The Morgan fingerprint density at radius 1 is 1.23 bits per heavy atom. The minimum absolute atomic E-state index is 0.0513. The van der Waals surface area contributed by atoms with Gasteiger partial charge in [0.1, 0.15) is 0 Å². The molecule has 2 heteroatoms. The van der Waals surface area contributed by atoms with Crippen molar-refractivity contribution in [2.75, 3.05) is 6.61 Å². The lowest BCUT2D eigenvalue weighted by Crippen LogP contribution is -2.05. The standard InChI is InChI=1S/C11H21O2/c1-3-5-7-8-9-11(12)13-10-6-4-2/h2-10H2,1H3. The summed E-state index contributed by atoms with van der Waals surface area (Å²) in [7, 11) is 0. The summed E-state index contributed by atoms with van der Waals surface area (Å²) in [6.45, 7) is 6.37. The van der Waals surface area contributed by atoms with Crippen LogP contribution in [0.5, 0.6) is 0 Å². The lowest BCUT2D eigenvalue weighted by atomic mass is 10.2. The zero-order valence-electron chi connectivity index (χ0n) is 8.68. The maximum absolute atomic E-state index is 11.0. The first-order valence-electron chi connectivity index (χ1n) is 5.26. The number of ether oxygens (including phenoxy) is 1. The molecule has 0 aromatic heterocycles. The minimum Gasteiger partial charge on any atom is -0.466 e. The monoisotopic (exact) mass is 185 g/mol. The van der Waals surface area contributed by atoms with Gasteiger partial charge in [0.25, 0.3) is 0 Å². The summed E-state index contributed by atoms with van der Waals surface area (Å²) in [6, 6.07) is 0. The molecule has 0 aliphatic carbocycles. The van der Waals surface area contributed by atoms with E-state index >= 15 is 0 Å². The molecule has 0 fully saturated rings. The highest BCUT2D eigenvalue weighted by Crippen LogP contribution is 2.03. The summed E-state index contributed by atoms with van der Waals surface area (Å²) in [5, 5.41) is 0. The summed E-state index contributed by atoms with van der Waals surface area (Å²) < 4.78 is 4.98. The van der Waals surface area contributed by atoms with Crippen molar-refractivity contribution in [3.05, 3.63) is 6.92 Å². The van der Waals surface area contributed by atoms with Crippen molar-refractivity contribution in [3.63, 3.8) is 0 Å². The molecule has 0 heterocycles. The Labute approximate surface area is 81.7 Å². The highest BCUT2D eigenvalue weighted by atomic mass is 16.5. The molecule has 0 aliphatic heterocycles. The molecular weight excluding hydrogens is 164 g/mol. The van der Waals surface area contributed by atoms with Gasteiger partial charge >= 0.3 is 5.97 Å². The smallest absolute Gasteiger partial charge is 0.305 e. The third kappa shape index (κ3) is 9.38. The average Bonchev–Trinajstić information content (AvgIpc) is 2.13. The van der Waals surface area contributed by atoms with Crippen LogP contribution in [0, 0.1) is 6.92 Å². The number of hydrogen-bond donors (Lipinski definition) is 0. The van der Waals surface area contributed by atoms with E-state index in [-0.39, 0.29) is 5.97 Å². The van der Waals surface area contributed by atoms with Crippen molar-refractivity contribution in [1.82, 2.24) is 0 Å². The number of unbranched alkanes of at least 4 members (excludes halogenated alkanes) is 4. The predicted molar refractivity (Wildman–Crippen MR) is 54.3 cm³/mol. The fourth-order valence-electron chi connectivity index (χ4n) is 1.06. The lowest BCUT2D eigenvalue weighted by molar-refractivity contribution is -0.143. The molecule has 0 aliphatic rings. The van der Waals surface area contributed by atoms with Gasteiger partial charge in [-0.3, -0.25) is 4.79 Å². The average molecular weight is 185 g/mol. The molecule has 77 valence electrons. The minimum atomic E-state index is -0.0513. The van der Waals surface area contributed by atoms with Crippen molar-refractivity contribution >= 4 is 5.97 Å². The predicted octanol–water partition coefficient (Wildman–Crippen LogP) is 3.11. The van der Waals surface area contributed by atoms with Gasteiger partial charge in [-0.05, 0) is 12.8 Å². The molecule has 0 spiro atoms. The molecule has 0 N–H and O–H groups in total. The second kappa shape index (κ2) is 9.56. The molecule has 13 heavy (non-hydrogen) atoms. The van der Waals surface area contributed by atoms with E-state index in [0.29, 0.717) is 13.0 Å². The Morgan fingerprint density at radius 2 is 2.00 bits per heavy atom. The van der Waals surface area contributed by atoms with E-state index in [1.165, 1.54) is 12.8 Å². The zero-order valence-corrected chi connectivity index (χ0v) is 8.68. The highest BCUT2D eigenvalue weighted by molar-refractivity contribution is 5.69. The number of carbonyl (C=O) groups is 1. The molecule has 0 saturated heterocycles. The molecule has 0 amide bonds. The van der Waals surface area contributed by atoms with E-state index in [1.807, 2.05) is 0 Å². The van der Waals surface area contributed by atoms with E-state index in [0.717, 1.165) is 25.7 Å². The van der Waals surface area contributed by atoms with Gasteiger partial charge in [0.2, 0.25) is 0 Å². The SMILES string of the molecule is [CH2]CCCOC(=O)CCCCCC. The summed E-state index contributed by atoms with van der Waals surface area (Å²) in [5.74, 6) is -0.0513. The van der Waals surface area contributed by atoms with Crippen LogP contribution >= 0.6 is 0 Å². The molecule has 2 nitrogen and oxygen atoms in total. The summed E-state index contributed by atoms with van der Waals surface area (Å²) >= 11 is 0. The van der Waals surface area contributed by atoms with Gasteiger partial charge < -0.3 is 4.74 Å². The van der Waals surface area contributed by atoms with Gasteiger partial charge in [0.05, 0.1) is 6.61 Å². The third-order valence-electron chi connectivity index (χ3n) is 1.89. The van der Waals surface area contributed by atoms with Crippen LogP contribution in [0.25, 0.3) is 0 Å². The Bertz CT molecular complexity index is 121. The van der Waals surface area contributed by atoms with Gasteiger partial charge in [-0.2, -0.15) is 0 Å². The van der Waals surface area contributed by atoms with Crippen LogP contribution in [0.4, 0.5) is 0 Å². The zero-order chi connectivity index (χ0) is 9.94. The Hall–Kier alpha value is -0.530. The maximum atomic E-state index is 11.0. The Kier molecular flexibility index (Phi) is 9.17. The van der Waals surface area contributed by atoms with Crippen LogP contribution in [0.2, 0.25) is 0 Å². The molecule has 1 radical (unpaired) electrons. The van der Waals surface area contributed by atoms with Gasteiger partial charge in [-0.1, -0.05) is 39.5 Å². The van der Waals surface area contributed by atoms with Crippen molar-refractivity contribution in [3.8, 4) is 0 Å².